The first kappa shape index (κ1) is 17.6. The number of aromatic nitrogens is 1. The van der Waals surface area contributed by atoms with E-state index in [4.69, 9.17) is 4.74 Å². The Balaban J connectivity index is 2.57. The molecule has 1 aromatic carbocycles. The van der Waals surface area contributed by atoms with Crippen molar-refractivity contribution in [1.29, 1.82) is 0 Å². The van der Waals surface area contributed by atoms with Crippen LogP contribution in [0.4, 0.5) is 18.0 Å². The van der Waals surface area contributed by atoms with Gasteiger partial charge < -0.3 is 4.74 Å². The summed E-state index contributed by atoms with van der Waals surface area (Å²) in [5.74, 6) is 0. The van der Waals surface area contributed by atoms with Crippen LogP contribution in [0, 0.1) is 6.92 Å². The molecule has 0 radical (unpaired) electrons. The number of carbonyl (C=O) groups is 1. The Bertz CT molecular complexity index is 813. The van der Waals surface area contributed by atoms with Gasteiger partial charge in [0.1, 0.15) is 0 Å². The van der Waals surface area contributed by atoms with Crippen molar-refractivity contribution >= 4 is 6.09 Å². The van der Waals surface area contributed by atoms with E-state index in [9.17, 15) is 22.8 Å². The van der Waals surface area contributed by atoms with E-state index < -0.39 is 23.4 Å². The van der Waals surface area contributed by atoms with Crippen LogP contribution in [-0.2, 0) is 10.9 Å². The predicted molar refractivity (Wildman–Crippen MR) is 82.3 cm³/mol. The van der Waals surface area contributed by atoms with Crippen molar-refractivity contribution < 1.29 is 22.7 Å². The number of carbonyl (C=O) groups excluding carboxylic acids is 1. The van der Waals surface area contributed by atoms with E-state index in [1.54, 1.807) is 13.8 Å². The molecule has 1 heterocycles. The van der Waals surface area contributed by atoms with E-state index in [2.05, 4.69) is 5.43 Å². The van der Waals surface area contributed by atoms with Crippen LogP contribution in [0.5, 0.6) is 0 Å². The number of aryl methyl sites for hydroxylation is 1. The monoisotopic (exact) mass is 340 g/mol. The van der Waals surface area contributed by atoms with Gasteiger partial charge in [-0.25, -0.2) is 14.9 Å². The van der Waals surface area contributed by atoms with Crippen LogP contribution in [0.3, 0.4) is 0 Å². The minimum absolute atomic E-state index is 0.0886. The molecule has 0 atom stereocenters. The van der Waals surface area contributed by atoms with Crippen LogP contribution in [0.2, 0.25) is 0 Å². The number of alkyl halides is 3. The van der Waals surface area contributed by atoms with E-state index in [1.165, 1.54) is 24.3 Å². The van der Waals surface area contributed by atoms with Crippen molar-refractivity contribution in [2.75, 3.05) is 12.0 Å². The summed E-state index contributed by atoms with van der Waals surface area (Å²) in [6, 6.07) is 7.26. The Labute approximate surface area is 135 Å². The summed E-state index contributed by atoms with van der Waals surface area (Å²) >= 11 is 0. The number of nitrogens with zero attached hydrogens (tertiary/aromatic N) is 1. The van der Waals surface area contributed by atoms with Crippen molar-refractivity contribution in [3.63, 3.8) is 0 Å². The Kier molecular flexibility index (Phi) is 4.96. The number of pyridine rings is 1. The Morgan fingerprint density at radius 1 is 1.25 bits per heavy atom. The molecule has 24 heavy (non-hydrogen) atoms. The van der Waals surface area contributed by atoms with Crippen molar-refractivity contribution in [1.82, 2.24) is 4.68 Å². The third kappa shape index (κ3) is 3.95. The second-order valence-electron chi connectivity index (χ2n) is 5.00. The summed E-state index contributed by atoms with van der Waals surface area (Å²) in [6.45, 7) is 3.31. The maximum Gasteiger partial charge on any atom is 0.426 e. The molecule has 5 nitrogen and oxygen atoms in total. The summed E-state index contributed by atoms with van der Waals surface area (Å²) in [5, 5.41) is 0. The maximum atomic E-state index is 12.9. The van der Waals surface area contributed by atoms with Crippen LogP contribution in [0.1, 0.15) is 18.1 Å². The van der Waals surface area contributed by atoms with Crippen molar-refractivity contribution in [3.8, 4) is 11.3 Å². The summed E-state index contributed by atoms with van der Waals surface area (Å²) in [4.78, 5) is 23.7. The highest BCUT2D eigenvalue weighted by atomic mass is 19.4. The van der Waals surface area contributed by atoms with Crippen LogP contribution < -0.4 is 11.0 Å². The molecule has 0 unspecified atom stereocenters. The molecular weight excluding hydrogens is 325 g/mol. The van der Waals surface area contributed by atoms with Gasteiger partial charge in [-0.05, 0) is 37.6 Å². The molecule has 0 saturated carbocycles. The second kappa shape index (κ2) is 6.77. The van der Waals surface area contributed by atoms with Gasteiger partial charge in [-0.15, -0.1) is 0 Å². The van der Waals surface area contributed by atoms with Gasteiger partial charge >= 0.3 is 12.3 Å². The molecule has 0 aliphatic rings. The molecule has 0 bridgehead atoms. The van der Waals surface area contributed by atoms with Gasteiger partial charge in [-0.2, -0.15) is 13.2 Å². The first-order chi connectivity index (χ1) is 11.2. The van der Waals surface area contributed by atoms with E-state index in [0.29, 0.717) is 5.56 Å². The molecule has 2 aromatic rings. The molecular formula is C16H15F3N2O3. The van der Waals surface area contributed by atoms with Gasteiger partial charge in [-0.3, -0.25) is 4.79 Å². The summed E-state index contributed by atoms with van der Waals surface area (Å²) in [6.07, 6.45) is -5.39. The number of benzene rings is 1. The van der Waals surface area contributed by atoms with Gasteiger partial charge in [0, 0.05) is 11.6 Å². The van der Waals surface area contributed by atoms with Crippen molar-refractivity contribution in [2.24, 2.45) is 0 Å². The predicted octanol–water partition coefficient (Wildman–Crippen LogP) is 3.54. The zero-order valence-corrected chi connectivity index (χ0v) is 13.0. The average Bonchev–Trinajstić information content (AvgIpc) is 2.49. The summed E-state index contributed by atoms with van der Waals surface area (Å²) < 4.78 is 44.3. The standard InChI is InChI=1S/C16H15F3N2O3/c1-3-24-15(23)20-21-13(7-10(2)8-14(21)22)11-5-4-6-12(9-11)16(17,18)19/h4-9H,3H2,1-2H3,(H,20,23). The molecule has 0 aliphatic carbocycles. The lowest BCUT2D eigenvalue weighted by Crippen LogP contribution is -2.34. The average molecular weight is 340 g/mol. The minimum atomic E-state index is -4.51. The lowest BCUT2D eigenvalue weighted by molar-refractivity contribution is -0.137. The van der Waals surface area contributed by atoms with E-state index in [1.807, 2.05) is 0 Å². The fourth-order valence-electron chi connectivity index (χ4n) is 2.14. The highest BCUT2D eigenvalue weighted by molar-refractivity contribution is 5.77. The number of amides is 1. The zero-order chi connectivity index (χ0) is 17.9. The normalized spacial score (nSPS) is 11.2. The zero-order valence-electron chi connectivity index (χ0n) is 13.0. The van der Waals surface area contributed by atoms with E-state index in [-0.39, 0.29) is 17.9 Å². The first-order valence-corrected chi connectivity index (χ1v) is 7.07. The molecule has 1 N–H and O–H groups in total. The lowest BCUT2D eigenvalue weighted by Gasteiger charge is -2.15. The quantitative estimate of drug-likeness (QED) is 0.930. The molecule has 2 rings (SSSR count). The third-order valence-electron chi connectivity index (χ3n) is 3.14. The maximum absolute atomic E-state index is 12.9. The number of hydrogen-bond acceptors (Lipinski definition) is 3. The molecule has 8 heteroatoms. The number of nitrogens with one attached hydrogen (secondary N) is 1. The van der Waals surface area contributed by atoms with Crippen LogP contribution in [-0.4, -0.2) is 17.4 Å². The summed E-state index contributed by atoms with van der Waals surface area (Å²) in [5.41, 5.74) is 1.60. The number of hydrogen-bond donors (Lipinski definition) is 1. The minimum Gasteiger partial charge on any atom is -0.449 e. The smallest absolute Gasteiger partial charge is 0.426 e. The molecule has 0 fully saturated rings. The third-order valence-corrected chi connectivity index (χ3v) is 3.14. The van der Waals surface area contributed by atoms with Crippen LogP contribution in [0.25, 0.3) is 11.3 Å². The highest BCUT2D eigenvalue weighted by Gasteiger charge is 2.30. The Hall–Kier alpha value is -2.77. The summed E-state index contributed by atoms with van der Waals surface area (Å²) in [7, 11) is 0. The van der Waals surface area contributed by atoms with Gasteiger partial charge in [0.2, 0.25) is 0 Å². The van der Waals surface area contributed by atoms with Gasteiger partial charge in [0.15, 0.2) is 0 Å². The number of ether oxygens (including phenoxy) is 1. The Morgan fingerprint density at radius 3 is 2.58 bits per heavy atom. The van der Waals surface area contributed by atoms with Crippen LogP contribution in [0.15, 0.2) is 41.2 Å². The molecule has 1 amide bonds. The largest absolute Gasteiger partial charge is 0.449 e. The van der Waals surface area contributed by atoms with Crippen LogP contribution >= 0.6 is 0 Å². The van der Waals surface area contributed by atoms with E-state index >= 15 is 0 Å². The second-order valence-corrected chi connectivity index (χ2v) is 5.00. The number of halogens is 3. The molecule has 0 saturated heterocycles. The SMILES string of the molecule is CCOC(=O)Nn1c(-c2cccc(C(F)(F)F)c2)cc(C)cc1=O. The molecule has 1 aromatic heterocycles. The van der Waals surface area contributed by atoms with Crippen molar-refractivity contribution in [2.45, 2.75) is 20.0 Å². The molecule has 128 valence electrons. The number of rotatable bonds is 3. The highest BCUT2D eigenvalue weighted by Crippen LogP contribution is 2.31. The molecule has 0 spiro atoms. The van der Waals surface area contributed by atoms with Crippen molar-refractivity contribution in [3.05, 3.63) is 57.9 Å². The van der Waals surface area contributed by atoms with Gasteiger partial charge in [0.25, 0.3) is 5.56 Å². The fraction of sp³-hybridized carbons (Fsp3) is 0.250. The van der Waals surface area contributed by atoms with Gasteiger partial charge in [0.05, 0.1) is 17.9 Å². The topological polar surface area (TPSA) is 60.3 Å². The van der Waals surface area contributed by atoms with E-state index in [0.717, 1.165) is 16.8 Å². The first-order valence-electron chi connectivity index (χ1n) is 7.07. The van der Waals surface area contributed by atoms with Gasteiger partial charge in [-0.1, -0.05) is 12.1 Å². The fourth-order valence-corrected chi connectivity index (χ4v) is 2.14. The Morgan fingerprint density at radius 2 is 1.96 bits per heavy atom. The lowest BCUT2D eigenvalue weighted by atomic mass is 10.1. The molecule has 0 aliphatic heterocycles.